The maximum atomic E-state index is 14.0. The zero-order valence-corrected chi connectivity index (χ0v) is 30.4. The van der Waals surface area contributed by atoms with Gasteiger partial charge in [-0.1, -0.05) is 29.7 Å². The molecule has 16 heteroatoms. The number of aromatic hydroxyl groups is 1. The number of halogens is 1. The molecule has 2 aromatic carbocycles. The van der Waals surface area contributed by atoms with Gasteiger partial charge < -0.3 is 29.9 Å². The van der Waals surface area contributed by atoms with Crippen LogP contribution in [0.2, 0.25) is 0 Å². The lowest BCUT2D eigenvalue weighted by Gasteiger charge is -2.40. The Balaban J connectivity index is 1.07. The highest BCUT2D eigenvalue weighted by Gasteiger charge is 2.37. The van der Waals surface area contributed by atoms with Crippen LogP contribution in [-0.2, 0) is 32.6 Å². The topological polar surface area (TPSA) is 166 Å². The van der Waals surface area contributed by atoms with Gasteiger partial charge in [0.15, 0.2) is 6.10 Å². The van der Waals surface area contributed by atoms with Crippen molar-refractivity contribution in [2.45, 2.75) is 63.5 Å². The number of phenolic OH excluding ortho intramolecular Hbond substituents is 1. The summed E-state index contributed by atoms with van der Waals surface area (Å²) in [6.07, 6.45) is 3.30. The smallest absolute Gasteiger partial charge is 0.410 e. The van der Waals surface area contributed by atoms with Crippen LogP contribution in [-0.4, -0.2) is 116 Å². The van der Waals surface area contributed by atoms with E-state index in [9.17, 15) is 27.9 Å². The Morgan fingerprint density at radius 3 is 2.22 bits per heavy atom. The molecule has 2 radical (unpaired) electrons. The van der Waals surface area contributed by atoms with Crippen LogP contribution in [0.1, 0.15) is 49.7 Å². The average molecular weight is 772 g/mol. The van der Waals surface area contributed by atoms with Crippen molar-refractivity contribution < 1.29 is 32.6 Å². The quantitative estimate of drug-likeness (QED) is 0.365. The number of anilines is 1. The summed E-state index contributed by atoms with van der Waals surface area (Å²) in [6, 6.07) is 10.9. The fourth-order valence-electron chi connectivity index (χ4n) is 7.88. The molecule has 3 fully saturated rings. The molecular weight excluding hydrogens is 727 g/mol. The van der Waals surface area contributed by atoms with Crippen LogP contribution in [0.4, 0.5) is 15.3 Å². The lowest BCUT2D eigenvalue weighted by atomic mass is 9.79. The van der Waals surface area contributed by atoms with Crippen molar-refractivity contribution in [3.05, 3.63) is 52.0 Å². The van der Waals surface area contributed by atoms with Crippen LogP contribution in [0.25, 0.3) is 0 Å². The highest BCUT2D eigenvalue weighted by molar-refractivity contribution is 9.10. The van der Waals surface area contributed by atoms with Crippen LogP contribution in [0.15, 0.2) is 40.9 Å². The van der Waals surface area contributed by atoms with E-state index in [0.717, 1.165) is 43.4 Å². The summed E-state index contributed by atoms with van der Waals surface area (Å²) in [6.45, 7) is 3.17. The molecule has 0 bridgehead atoms. The Morgan fingerprint density at radius 1 is 0.960 bits per heavy atom. The monoisotopic (exact) mass is 770 g/mol. The van der Waals surface area contributed by atoms with Gasteiger partial charge in [-0.15, -0.1) is 0 Å². The lowest BCUT2D eigenvalue weighted by Crippen LogP contribution is -2.52. The first kappa shape index (κ1) is 36.5. The molecule has 0 aromatic heterocycles. The van der Waals surface area contributed by atoms with Gasteiger partial charge >= 0.3 is 12.1 Å². The molecule has 4 amide bonds. The largest absolute Gasteiger partial charge is 0.507 e. The minimum Gasteiger partial charge on any atom is -0.507 e. The van der Waals surface area contributed by atoms with E-state index in [0.29, 0.717) is 80.5 Å². The van der Waals surface area contributed by atoms with Gasteiger partial charge in [-0.25, -0.2) is 14.7 Å². The van der Waals surface area contributed by atoms with Crippen LogP contribution in [0.5, 0.6) is 5.75 Å². The molecule has 1 atom stereocenters. The predicted molar refractivity (Wildman–Crippen MR) is 192 cm³/mol. The van der Waals surface area contributed by atoms with E-state index in [1.165, 1.54) is 4.31 Å². The number of amides is 4. The highest BCUT2D eigenvalue weighted by atomic mass is 79.9. The van der Waals surface area contributed by atoms with Crippen molar-refractivity contribution in [2.24, 2.45) is 17.0 Å². The number of nitrogens with one attached hydrogen (secondary N) is 1. The molecule has 2 aromatic rings. The zero-order valence-electron chi connectivity index (χ0n) is 28.0. The summed E-state index contributed by atoms with van der Waals surface area (Å²) in [4.78, 5) is 45.9. The summed E-state index contributed by atoms with van der Waals surface area (Å²) in [5.41, 5.74) is 2.69. The number of carbonyl (C=O) groups excluding carboxylic acids is 3. The average Bonchev–Trinajstić information content (AvgIpc) is 3.27. The molecule has 4 aliphatic rings. The molecule has 268 valence electrons. The van der Waals surface area contributed by atoms with E-state index in [-0.39, 0.29) is 35.6 Å². The summed E-state index contributed by atoms with van der Waals surface area (Å²) >= 11 is 3.31. The van der Waals surface area contributed by atoms with E-state index in [2.05, 4.69) is 21.2 Å². The molecule has 0 spiro atoms. The third kappa shape index (κ3) is 8.40. The SMILES string of the molecule is [B]c1cc(C[C@@H](OC(=O)N2CCC(N3CCc4ccccc4NC3=O)CC2)C(=O)N2CCC(C3CCN(S(N)(=O)=O)CC3)CC2)cc(Br)c1O. The van der Waals surface area contributed by atoms with Gasteiger partial charge in [0.2, 0.25) is 0 Å². The zero-order chi connectivity index (χ0) is 35.6. The third-order valence-corrected chi connectivity index (χ3v) is 12.5. The number of urea groups is 1. The fraction of sp³-hybridized carbons (Fsp3) is 0.559. The second-order valence-corrected chi connectivity index (χ2v) is 16.2. The molecule has 4 N–H and O–H groups in total. The normalized spacial score (nSPS) is 20.9. The summed E-state index contributed by atoms with van der Waals surface area (Å²) < 4.78 is 31.1. The Morgan fingerprint density at radius 2 is 1.58 bits per heavy atom. The van der Waals surface area contributed by atoms with Crippen molar-refractivity contribution in [1.82, 2.24) is 19.0 Å². The summed E-state index contributed by atoms with van der Waals surface area (Å²) in [5, 5.41) is 18.5. The maximum Gasteiger partial charge on any atom is 0.410 e. The second-order valence-electron chi connectivity index (χ2n) is 13.8. The molecule has 13 nitrogen and oxygen atoms in total. The minimum atomic E-state index is -3.69. The summed E-state index contributed by atoms with van der Waals surface area (Å²) in [5.74, 6) is 0.321. The number of phenols is 1. The number of nitrogens with two attached hydrogens (primary N) is 1. The molecule has 4 heterocycles. The lowest BCUT2D eigenvalue weighted by molar-refractivity contribution is -0.142. The maximum absolute atomic E-state index is 14.0. The number of fused-ring (bicyclic) bond motifs is 1. The van der Waals surface area contributed by atoms with Crippen molar-refractivity contribution in [3.63, 3.8) is 0 Å². The second kappa shape index (κ2) is 15.5. The molecule has 0 aliphatic carbocycles. The number of rotatable bonds is 7. The number of likely N-dealkylation sites (tertiary alicyclic amines) is 2. The van der Waals surface area contributed by atoms with Gasteiger partial charge in [0.25, 0.3) is 16.1 Å². The van der Waals surface area contributed by atoms with Crippen molar-refractivity contribution in [2.75, 3.05) is 51.1 Å². The van der Waals surface area contributed by atoms with Crippen LogP contribution >= 0.6 is 15.9 Å². The number of piperidine rings is 3. The Labute approximate surface area is 303 Å². The van der Waals surface area contributed by atoms with E-state index < -0.39 is 22.4 Å². The van der Waals surface area contributed by atoms with Gasteiger partial charge in [0.1, 0.15) is 13.6 Å². The Hall–Kier alpha value is -3.34. The number of hydrogen-bond donors (Lipinski definition) is 3. The van der Waals surface area contributed by atoms with Crippen molar-refractivity contribution in [3.8, 4) is 5.75 Å². The van der Waals surface area contributed by atoms with Crippen molar-refractivity contribution in [1.29, 1.82) is 0 Å². The number of benzene rings is 2. The van der Waals surface area contributed by atoms with Gasteiger partial charge in [-0.05, 0) is 96.0 Å². The third-order valence-electron chi connectivity index (χ3n) is 10.8. The summed E-state index contributed by atoms with van der Waals surface area (Å²) in [7, 11) is 2.31. The van der Waals surface area contributed by atoms with E-state index in [1.54, 1.807) is 21.9 Å². The number of nitrogens with zero attached hydrogens (tertiary/aromatic N) is 4. The van der Waals surface area contributed by atoms with Gasteiger partial charge in [0, 0.05) is 64.0 Å². The van der Waals surface area contributed by atoms with Crippen molar-refractivity contribution >= 4 is 63.2 Å². The molecule has 50 heavy (non-hydrogen) atoms. The number of para-hydroxylation sites is 1. The first-order chi connectivity index (χ1) is 23.9. The van der Waals surface area contributed by atoms with E-state index in [1.807, 2.05) is 29.2 Å². The molecule has 0 saturated carbocycles. The highest BCUT2D eigenvalue weighted by Crippen LogP contribution is 2.34. The van der Waals surface area contributed by atoms with Crippen LogP contribution < -0.4 is 15.9 Å². The van der Waals surface area contributed by atoms with Gasteiger partial charge in [0.05, 0.1) is 4.47 Å². The Kier molecular flexibility index (Phi) is 11.3. The molecule has 3 saturated heterocycles. The van der Waals surface area contributed by atoms with Crippen LogP contribution in [0, 0.1) is 11.8 Å². The fourth-order valence-corrected chi connectivity index (χ4v) is 9.12. The number of carbonyl (C=O) groups is 3. The van der Waals surface area contributed by atoms with Gasteiger partial charge in [-0.2, -0.15) is 12.7 Å². The minimum absolute atomic E-state index is 0.0312. The molecule has 6 rings (SSSR count). The molecule has 0 unspecified atom stereocenters. The first-order valence-corrected chi connectivity index (χ1v) is 19.6. The molecule has 4 aliphatic heterocycles. The standard InChI is InChI=1S/C34H44BBrN6O7S/c35-27-19-22(20-28(36)31(27)43)21-30(32(44)39-12-5-23(6-13-39)24-7-16-41(17-8-24)50(37,47)48)49-34(46)40-14-10-26(11-15-40)42-18-9-25-3-1-2-4-29(25)38-33(42)45/h1-4,19-20,23-24,26,30,43H,5-18,21H2,(H,38,45)(H2,37,47,48)/t30-/m1/s1. The molecular formula is C34H44BBrN6O7S. The van der Waals surface area contributed by atoms with E-state index >= 15 is 0 Å². The van der Waals surface area contributed by atoms with E-state index in [4.69, 9.17) is 17.7 Å². The Bertz CT molecular complexity index is 1670. The first-order valence-electron chi connectivity index (χ1n) is 17.3. The predicted octanol–water partition coefficient (Wildman–Crippen LogP) is 2.70. The number of hydrogen-bond acceptors (Lipinski definition) is 7. The van der Waals surface area contributed by atoms with Crippen LogP contribution in [0.3, 0.4) is 0 Å². The number of ether oxygens (including phenoxy) is 1. The van der Waals surface area contributed by atoms with Gasteiger partial charge in [-0.3, -0.25) is 4.79 Å².